The van der Waals surface area contributed by atoms with Crippen molar-refractivity contribution < 1.29 is 4.39 Å². The molecule has 2 fully saturated rings. The van der Waals surface area contributed by atoms with Crippen molar-refractivity contribution in [2.45, 2.75) is 25.4 Å². The molecule has 0 spiro atoms. The third-order valence-electron chi connectivity index (χ3n) is 5.28. The van der Waals surface area contributed by atoms with Gasteiger partial charge in [0.05, 0.1) is 11.9 Å². The minimum absolute atomic E-state index is 0.219. The maximum Gasteiger partial charge on any atom is 0.123 e. The Kier molecular flexibility index (Phi) is 5.10. The normalized spacial score (nSPS) is 23.0. The van der Waals surface area contributed by atoms with E-state index in [9.17, 15) is 4.39 Å². The molecule has 1 unspecified atom stereocenters. The van der Waals surface area contributed by atoms with E-state index in [-0.39, 0.29) is 5.82 Å². The number of halogens is 1. The van der Waals surface area contributed by atoms with Gasteiger partial charge in [0, 0.05) is 57.1 Å². The molecule has 25 heavy (non-hydrogen) atoms. The molecule has 0 radical (unpaired) electrons. The second-order valence-electron chi connectivity index (χ2n) is 7.09. The van der Waals surface area contributed by atoms with Crippen molar-refractivity contribution in [3.63, 3.8) is 0 Å². The Morgan fingerprint density at radius 1 is 1.12 bits per heavy atom. The van der Waals surface area contributed by atoms with Crippen LogP contribution in [0.3, 0.4) is 0 Å². The molecular weight excluding hydrogens is 317 g/mol. The topological polar surface area (TPSA) is 36.3 Å². The number of hydrogen-bond acceptors (Lipinski definition) is 4. The van der Waals surface area contributed by atoms with Gasteiger partial charge in [-0.2, -0.15) is 5.10 Å². The highest BCUT2D eigenvalue weighted by molar-refractivity contribution is 5.31. The third kappa shape index (κ3) is 4.08. The van der Waals surface area contributed by atoms with Crippen molar-refractivity contribution in [1.82, 2.24) is 24.9 Å². The lowest BCUT2D eigenvalue weighted by atomic mass is 10.0. The molecule has 2 saturated heterocycles. The molecule has 0 amide bonds. The third-order valence-corrected chi connectivity index (χ3v) is 5.28. The van der Waals surface area contributed by atoms with Gasteiger partial charge in [0.15, 0.2) is 0 Å². The fraction of sp³-hybridized carbons (Fsp3) is 0.526. The Labute approximate surface area is 148 Å². The molecule has 1 aromatic heterocycles. The summed E-state index contributed by atoms with van der Waals surface area (Å²) in [5, 5.41) is 7.88. The minimum Gasteiger partial charge on any atom is -0.314 e. The predicted molar refractivity (Wildman–Crippen MR) is 96.3 cm³/mol. The van der Waals surface area contributed by atoms with Gasteiger partial charge in [-0.25, -0.2) is 9.07 Å². The van der Waals surface area contributed by atoms with Crippen LogP contribution < -0.4 is 5.32 Å². The van der Waals surface area contributed by atoms with Crippen LogP contribution in [0.25, 0.3) is 5.69 Å². The van der Waals surface area contributed by atoms with Crippen molar-refractivity contribution in [2.75, 3.05) is 39.3 Å². The first-order chi connectivity index (χ1) is 12.3. The predicted octanol–water partition coefficient (Wildman–Crippen LogP) is 1.88. The number of piperidine rings is 1. The maximum absolute atomic E-state index is 13.1. The highest BCUT2D eigenvalue weighted by Gasteiger charge is 2.26. The fourth-order valence-electron chi connectivity index (χ4n) is 3.96. The van der Waals surface area contributed by atoms with Crippen molar-refractivity contribution >= 4 is 0 Å². The number of likely N-dealkylation sites (tertiary alicyclic amines) is 1. The number of nitrogens with one attached hydrogen (secondary N) is 1. The number of benzene rings is 1. The highest BCUT2D eigenvalue weighted by Crippen LogP contribution is 2.19. The zero-order valence-electron chi connectivity index (χ0n) is 14.6. The molecule has 2 aliphatic rings. The monoisotopic (exact) mass is 343 g/mol. The molecule has 1 N–H and O–H groups in total. The molecule has 6 heteroatoms. The first-order valence-electron chi connectivity index (χ1n) is 9.24. The van der Waals surface area contributed by atoms with Crippen LogP contribution in [0.4, 0.5) is 4.39 Å². The summed E-state index contributed by atoms with van der Waals surface area (Å²) in [6, 6.07) is 7.14. The Bertz CT molecular complexity index is 677. The lowest BCUT2D eigenvalue weighted by Gasteiger charge is -2.41. The van der Waals surface area contributed by atoms with Crippen molar-refractivity contribution in [3.8, 4) is 5.69 Å². The summed E-state index contributed by atoms with van der Waals surface area (Å²) in [5.74, 6) is -0.219. The maximum atomic E-state index is 13.1. The highest BCUT2D eigenvalue weighted by atomic mass is 19.1. The van der Waals surface area contributed by atoms with E-state index in [0.717, 1.165) is 38.4 Å². The van der Waals surface area contributed by atoms with Crippen LogP contribution >= 0.6 is 0 Å². The van der Waals surface area contributed by atoms with Gasteiger partial charge in [0.1, 0.15) is 5.82 Å². The van der Waals surface area contributed by atoms with E-state index in [1.165, 1.54) is 43.6 Å². The molecule has 0 aliphatic carbocycles. The molecule has 1 aromatic carbocycles. The molecule has 2 aromatic rings. The summed E-state index contributed by atoms with van der Waals surface area (Å²) < 4.78 is 14.9. The quantitative estimate of drug-likeness (QED) is 0.920. The average molecular weight is 343 g/mol. The van der Waals surface area contributed by atoms with Gasteiger partial charge >= 0.3 is 0 Å². The second-order valence-corrected chi connectivity index (χ2v) is 7.09. The first-order valence-corrected chi connectivity index (χ1v) is 9.24. The summed E-state index contributed by atoms with van der Waals surface area (Å²) in [6.07, 6.45) is 6.56. The van der Waals surface area contributed by atoms with E-state index >= 15 is 0 Å². The first kappa shape index (κ1) is 16.7. The molecule has 4 rings (SSSR count). The van der Waals surface area contributed by atoms with Crippen molar-refractivity contribution in [3.05, 3.63) is 48.0 Å². The number of rotatable bonds is 4. The Hall–Kier alpha value is -1.76. The Morgan fingerprint density at radius 3 is 2.72 bits per heavy atom. The van der Waals surface area contributed by atoms with Gasteiger partial charge in [-0.05, 0) is 43.7 Å². The number of hydrogen-bond donors (Lipinski definition) is 1. The van der Waals surface area contributed by atoms with Gasteiger partial charge in [0.2, 0.25) is 0 Å². The van der Waals surface area contributed by atoms with Gasteiger partial charge in [0.25, 0.3) is 0 Å². The summed E-state index contributed by atoms with van der Waals surface area (Å²) in [7, 11) is 0. The van der Waals surface area contributed by atoms with Crippen LogP contribution in [-0.2, 0) is 6.54 Å². The van der Waals surface area contributed by atoms with Crippen molar-refractivity contribution in [2.24, 2.45) is 0 Å². The van der Waals surface area contributed by atoms with Gasteiger partial charge in [-0.3, -0.25) is 9.80 Å². The second kappa shape index (κ2) is 7.64. The summed E-state index contributed by atoms with van der Waals surface area (Å²) in [6.45, 7) is 7.79. The molecule has 0 bridgehead atoms. The van der Waals surface area contributed by atoms with Crippen LogP contribution in [0.5, 0.6) is 0 Å². The van der Waals surface area contributed by atoms with Gasteiger partial charge in [-0.15, -0.1) is 0 Å². The van der Waals surface area contributed by atoms with Crippen molar-refractivity contribution in [1.29, 1.82) is 0 Å². The van der Waals surface area contributed by atoms with E-state index in [1.54, 1.807) is 12.1 Å². The molecule has 2 aliphatic heterocycles. The van der Waals surface area contributed by atoms with Gasteiger partial charge < -0.3 is 5.32 Å². The smallest absolute Gasteiger partial charge is 0.123 e. The molecule has 134 valence electrons. The van der Waals surface area contributed by atoms with E-state index in [1.807, 2.05) is 10.9 Å². The summed E-state index contributed by atoms with van der Waals surface area (Å²) >= 11 is 0. The lowest BCUT2D eigenvalue weighted by Crippen LogP contribution is -2.53. The average Bonchev–Trinajstić information content (AvgIpc) is 3.12. The summed E-state index contributed by atoms with van der Waals surface area (Å²) in [4.78, 5) is 5.19. The van der Waals surface area contributed by atoms with E-state index in [0.29, 0.717) is 6.04 Å². The molecule has 1 atom stereocenters. The van der Waals surface area contributed by atoms with Crippen LogP contribution in [0.1, 0.15) is 18.4 Å². The van der Waals surface area contributed by atoms with Crippen LogP contribution in [0.2, 0.25) is 0 Å². The van der Waals surface area contributed by atoms with Crippen LogP contribution in [0, 0.1) is 5.82 Å². The zero-order chi connectivity index (χ0) is 17.1. The minimum atomic E-state index is -0.219. The Balaban J connectivity index is 1.37. The van der Waals surface area contributed by atoms with E-state index in [2.05, 4.69) is 26.4 Å². The van der Waals surface area contributed by atoms with Crippen LogP contribution in [0.15, 0.2) is 36.7 Å². The number of nitrogens with zero attached hydrogens (tertiary/aromatic N) is 4. The zero-order valence-corrected chi connectivity index (χ0v) is 14.6. The van der Waals surface area contributed by atoms with E-state index in [4.69, 9.17) is 0 Å². The Morgan fingerprint density at radius 2 is 1.92 bits per heavy atom. The van der Waals surface area contributed by atoms with E-state index < -0.39 is 0 Å². The number of aromatic nitrogens is 2. The molecular formula is C19H26FN5. The van der Waals surface area contributed by atoms with Crippen LogP contribution in [-0.4, -0.2) is 64.9 Å². The fourth-order valence-corrected chi connectivity index (χ4v) is 3.96. The standard InChI is InChI=1S/C19H26FN5/c20-17-3-5-18(6-4-17)25-14-16(12-22-25)13-23-9-1-2-19(15-23)24-10-7-21-8-11-24/h3-6,12,14,19,21H,1-2,7-11,13,15H2. The molecule has 3 heterocycles. The lowest BCUT2D eigenvalue weighted by molar-refractivity contribution is 0.0840. The number of piperazine rings is 1. The SMILES string of the molecule is Fc1ccc(-n2cc(CN3CCCC(N4CCNCC4)C3)cn2)cc1. The molecule has 5 nitrogen and oxygen atoms in total. The van der Waals surface area contributed by atoms with Gasteiger partial charge in [-0.1, -0.05) is 0 Å². The molecule has 0 saturated carbocycles. The largest absolute Gasteiger partial charge is 0.314 e. The summed E-state index contributed by atoms with van der Waals surface area (Å²) in [5.41, 5.74) is 2.11.